The Morgan fingerprint density at radius 3 is 2.20 bits per heavy atom. The molecule has 10 heteroatoms. The fraction of sp³-hybridized carbons (Fsp3) is 0.278. The van der Waals surface area contributed by atoms with Crippen molar-refractivity contribution >= 4 is 28.5 Å². The Morgan fingerprint density at radius 1 is 0.957 bits per heavy atom. The highest BCUT2D eigenvalue weighted by atomic mass is 19.1. The van der Waals surface area contributed by atoms with Gasteiger partial charge in [-0.2, -0.15) is 5.10 Å². The minimum Gasteiger partial charge on any atom is -0.382 e. The Morgan fingerprint density at radius 2 is 1.59 bits per heavy atom. The van der Waals surface area contributed by atoms with Crippen molar-refractivity contribution in [3.8, 4) is 28.1 Å². The number of halogens is 1. The maximum absolute atomic E-state index is 13.8. The molecule has 0 aliphatic carbocycles. The van der Waals surface area contributed by atoms with Crippen molar-refractivity contribution in [1.29, 1.82) is 0 Å². The molecule has 0 radical (unpaired) electrons. The second-order valence-corrected chi connectivity index (χ2v) is 12.4. The van der Waals surface area contributed by atoms with Gasteiger partial charge < -0.3 is 16.4 Å². The number of benzene rings is 3. The lowest BCUT2D eigenvalue weighted by Gasteiger charge is -2.33. The summed E-state index contributed by atoms with van der Waals surface area (Å²) in [5.74, 6) is -0.407. The van der Waals surface area contributed by atoms with E-state index in [0.717, 1.165) is 59.1 Å². The van der Waals surface area contributed by atoms with Crippen LogP contribution in [0.3, 0.4) is 0 Å². The first-order valence-corrected chi connectivity index (χ1v) is 15.4. The third-order valence-corrected chi connectivity index (χ3v) is 9.22. The standard InChI is InChI=1S/C36H37FN6O3/c1-19(2)35(45)42-15-13-22(14-16-42)25-17-28(31-29(18-25)40-41-33(31)38)23-5-7-24(8-6-23)32-21(4)20(3)30(34(39)44)36(46)43(32)27-11-9-26(37)10-12-27/h5-12,17-19,22H,13-16H2,1-4H3,(H2,39,44)(H3,38,40,41). The van der Waals surface area contributed by atoms with Crippen LogP contribution < -0.4 is 17.0 Å². The maximum atomic E-state index is 13.8. The quantitative estimate of drug-likeness (QED) is 0.219. The van der Waals surface area contributed by atoms with E-state index in [1.807, 2.05) is 49.9 Å². The van der Waals surface area contributed by atoms with Crippen LogP contribution in [0.15, 0.2) is 65.5 Å². The molecule has 9 nitrogen and oxygen atoms in total. The monoisotopic (exact) mass is 620 g/mol. The number of aromatic amines is 1. The number of amides is 2. The Balaban J connectivity index is 1.43. The molecule has 46 heavy (non-hydrogen) atoms. The van der Waals surface area contributed by atoms with Gasteiger partial charge in [0, 0.05) is 24.7 Å². The van der Waals surface area contributed by atoms with Gasteiger partial charge in [0.05, 0.1) is 16.6 Å². The summed E-state index contributed by atoms with van der Waals surface area (Å²) in [5, 5.41) is 8.19. The number of pyridine rings is 1. The SMILES string of the molecule is Cc1c(C)c(-c2ccc(-c3cc(C4CCN(C(=O)C(C)C)CC4)cc4[nH]nc(N)c34)cc2)n(-c2ccc(F)cc2)c(=O)c1C(N)=O. The lowest BCUT2D eigenvalue weighted by Crippen LogP contribution is -2.40. The normalized spacial score (nSPS) is 13.9. The van der Waals surface area contributed by atoms with Gasteiger partial charge in [-0.3, -0.25) is 24.0 Å². The number of primary amides is 1. The number of hydrogen-bond donors (Lipinski definition) is 3. The van der Waals surface area contributed by atoms with E-state index in [1.165, 1.54) is 28.8 Å². The minimum absolute atomic E-state index is 0.0189. The topological polar surface area (TPSA) is 140 Å². The second kappa shape index (κ2) is 11.9. The third kappa shape index (κ3) is 5.33. The van der Waals surface area contributed by atoms with E-state index in [9.17, 15) is 18.8 Å². The Labute approximate surface area is 266 Å². The summed E-state index contributed by atoms with van der Waals surface area (Å²) in [5.41, 5.74) is 18.1. The molecule has 3 heterocycles. The first-order chi connectivity index (χ1) is 22.0. The molecule has 3 aromatic carbocycles. The number of aromatic nitrogens is 3. The van der Waals surface area contributed by atoms with E-state index < -0.39 is 17.3 Å². The number of rotatable bonds is 6. The van der Waals surface area contributed by atoms with Crippen LogP contribution in [0.5, 0.6) is 0 Å². The van der Waals surface area contributed by atoms with Crippen molar-refractivity contribution in [3.05, 3.63) is 99.1 Å². The number of nitrogens with two attached hydrogens (primary N) is 2. The van der Waals surface area contributed by atoms with Crippen LogP contribution in [0.4, 0.5) is 10.2 Å². The summed E-state index contributed by atoms with van der Waals surface area (Å²) < 4.78 is 15.2. The smallest absolute Gasteiger partial charge is 0.268 e. The molecule has 236 valence electrons. The fourth-order valence-corrected chi connectivity index (χ4v) is 6.65. The van der Waals surface area contributed by atoms with Crippen LogP contribution in [0.1, 0.15) is 59.7 Å². The summed E-state index contributed by atoms with van der Waals surface area (Å²) in [6.07, 6.45) is 1.74. The van der Waals surface area contributed by atoms with Gasteiger partial charge in [-0.15, -0.1) is 0 Å². The molecule has 2 aromatic heterocycles. The fourth-order valence-electron chi connectivity index (χ4n) is 6.65. The first kappa shape index (κ1) is 30.8. The molecule has 0 spiro atoms. The molecule has 0 saturated carbocycles. The number of nitrogen functional groups attached to an aromatic ring is 1. The van der Waals surface area contributed by atoms with Crippen LogP contribution in [-0.4, -0.2) is 44.6 Å². The van der Waals surface area contributed by atoms with E-state index >= 15 is 0 Å². The number of nitrogens with zero attached hydrogens (tertiary/aromatic N) is 3. The predicted octanol–water partition coefficient (Wildman–Crippen LogP) is 5.85. The third-order valence-electron chi connectivity index (χ3n) is 9.22. The van der Waals surface area contributed by atoms with Gasteiger partial charge in [-0.25, -0.2) is 4.39 Å². The molecule has 2 amide bonds. The highest BCUT2D eigenvalue weighted by Gasteiger charge is 2.27. The minimum atomic E-state index is -0.817. The number of H-pyrrole nitrogens is 1. The van der Waals surface area contributed by atoms with Crippen molar-refractivity contribution in [2.45, 2.75) is 46.5 Å². The lowest BCUT2D eigenvalue weighted by atomic mass is 9.86. The van der Waals surface area contributed by atoms with Gasteiger partial charge in [0.1, 0.15) is 11.4 Å². The highest BCUT2D eigenvalue weighted by Crippen LogP contribution is 2.39. The van der Waals surface area contributed by atoms with Crippen LogP contribution >= 0.6 is 0 Å². The van der Waals surface area contributed by atoms with Gasteiger partial charge in [-0.05, 0) is 102 Å². The number of anilines is 1. The average Bonchev–Trinajstić information content (AvgIpc) is 3.42. The summed E-state index contributed by atoms with van der Waals surface area (Å²) in [7, 11) is 0. The molecule has 6 rings (SSSR count). The van der Waals surface area contributed by atoms with E-state index in [-0.39, 0.29) is 23.3 Å². The molecule has 1 aliphatic rings. The van der Waals surface area contributed by atoms with Gasteiger partial charge in [0.2, 0.25) is 5.91 Å². The van der Waals surface area contributed by atoms with Gasteiger partial charge >= 0.3 is 0 Å². The molecular formula is C36H37FN6O3. The number of nitrogens with one attached hydrogen (secondary N) is 1. The van der Waals surface area contributed by atoms with Crippen LogP contribution in [0.25, 0.3) is 39.0 Å². The Hall–Kier alpha value is -5.25. The molecule has 1 fully saturated rings. The number of carbonyl (C=O) groups is 2. The molecule has 5 N–H and O–H groups in total. The van der Waals surface area contributed by atoms with Crippen molar-refractivity contribution in [1.82, 2.24) is 19.7 Å². The highest BCUT2D eigenvalue weighted by molar-refractivity contribution is 6.02. The van der Waals surface area contributed by atoms with E-state index in [2.05, 4.69) is 22.3 Å². The molecule has 1 aliphatic heterocycles. The zero-order valence-electron chi connectivity index (χ0n) is 26.4. The predicted molar refractivity (Wildman–Crippen MR) is 178 cm³/mol. The largest absolute Gasteiger partial charge is 0.382 e. The summed E-state index contributed by atoms with van der Waals surface area (Å²) >= 11 is 0. The Bertz CT molecular complexity index is 2040. The van der Waals surface area contributed by atoms with Crippen molar-refractivity contribution in [2.75, 3.05) is 18.8 Å². The molecule has 5 aromatic rings. The van der Waals surface area contributed by atoms with Crippen molar-refractivity contribution in [2.24, 2.45) is 11.7 Å². The summed E-state index contributed by atoms with van der Waals surface area (Å²) in [4.78, 5) is 40.5. The van der Waals surface area contributed by atoms with Crippen molar-refractivity contribution < 1.29 is 14.0 Å². The molecule has 0 atom stereocenters. The zero-order valence-corrected chi connectivity index (χ0v) is 26.4. The number of fused-ring (bicyclic) bond motifs is 1. The maximum Gasteiger partial charge on any atom is 0.268 e. The van der Waals surface area contributed by atoms with E-state index in [0.29, 0.717) is 28.3 Å². The number of piperidine rings is 1. The number of likely N-dealkylation sites (tertiary alicyclic amines) is 1. The zero-order chi connectivity index (χ0) is 32.9. The number of carbonyl (C=O) groups excluding carboxylic acids is 2. The van der Waals surface area contributed by atoms with Crippen LogP contribution in [-0.2, 0) is 4.79 Å². The number of hydrogen-bond acceptors (Lipinski definition) is 5. The summed E-state index contributed by atoms with van der Waals surface area (Å²) in [6, 6.07) is 17.6. The van der Waals surface area contributed by atoms with Gasteiger partial charge in [0.15, 0.2) is 5.82 Å². The van der Waals surface area contributed by atoms with E-state index in [1.54, 1.807) is 6.92 Å². The van der Waals surface area contributed by atoms with Gasteiger partial charge in [-0.1, -0.05) is 38.1 Å². The van der Waals surface area contributed by atoms with Gasteiger partial charge in [0.25, 0.3) is 11.5 Å². The van der Waals surface area contributed by atoms with Crippen LogP contribution in [0.2, 0.25) is 0 Å². The average molecular weight is 621 g/mol. The molecule has 0 bridgehead atoms. The van der Waals surface area contributed by atoms with E-state index in [4.69, 9.17) is 11.5 Å². The molecule has 0 unspecified atom stereocenters. The Kier molecular flexibility index (Phi) is 7.97. The van der Waals surface area contributed by atoms with Crippen LogP contribution in [0, 0.1) is 25.6 Å². The molecular weight excluding hydrogens is 583 g/mol. The lowest BCUT2D eigenvalue weighted by molar-refractivity contribution is -0.135. The molecule has 1 saturated heterocycles. The second-order valence-electron chi connectivity index (χ2n) is 12.4. The first-order valence-electron chi connectivity index (χ1n) is 15.4. The summed E-state index contributed by atoms with van der Waals surface area (Å²) in [6.45, 7) is 8.85. The van der Waals surface area contributed by atoms with Crippen molar-refractivity contribution in [3.63, 3.8) is 0 Å².